The highest BCUT2D eigenvalue weighted by Gasteiger charge is 2.72. The molecule has 3 saturated carbocycles. The molecule has 10 nitrogen and oxygen atoms in total. The van der Waals surface area contributed by atoms with Crippen LogP contribution in [0.5, 0.6) is 0 Å². The van der Waals surface area contributed by atoms with E-state index in [4.69, 9.17) is 24.3 Å². The molecule has 1 saturated heterocycles. The Bertz CT molecular complexity index is 1770. The van der Waals surface area contributed by atoms with Crippen molar-refractivity contribution in [3.8, 4) is 11.4 Å². The third kappa shape index (κ3) is 5.87. The molecule has 2 N–H and O–H groups in total. The zero-order chi connectivity index (χ0) is 40.0. The number of nitrogens with zero attached hydrogens (tertiary/aromatic N) is 4. The molecule has 12 atom stereocenters. The van der Waals surface area contributed by atoms with Gasteiger partial charge in [-0.3, -0.25) is 4.98 Å². The quantitative estimate of drug-likeness (QED) is 0.190. The summed E-state index contributed by atoms with van der Waals surface area (Å²) >= 11 is 0. The van der Waals surface area contributed by atoms with Crippen molar-refractivity contribution in [1.29, 1.82) is 0 Å². The van der Waals surface area contributed by atoms with E-state index in [0.717, 1.165) is 49.9 Å². The lowest BCUT2D eigenvalue weighted by molar-refractivity contribution is -0.257. The van der Waals surface area contributed by atoms with Crippen LogP contribution in [-0.4, -0.2) is 75.6 Å². The third-order valence-electron chi connectivity index (χ3n) is 17.5. The van der Waals surface area contributed by atoms with Gasteiger partial charge >= 0.3 is 6.16 Å². The zero-order valence-electron chi connectivity index (χ0n) is 35.7. The number of hydrogen-bond donors (Lipinski definition) is 2. The number of pyridine rings is 1. The first-order chi connectivity index (χ1) is 25.7. The van der Waals surface area contributed by atoms with E-state index in [9.17, 15) is 9.90 Å². The van der Waals surface area contributed by atoms with Crippen molar-refractivity contribution in [2.24, 2.45) is 56.2 Å². The molecule has 0 unspecified atom stereocenters. The number of carboxylic acid groups (broad SMARTS) is 1. The number of fused-ring (bicyclic) bond motifs is 3. The van der Waals surface area contributed by atoms with E-state index >= 15 is 0 Å². The number of likely N-dealkylation sites (N-methyl/N-ethyl adjacent to an activating group) is 1. The smallest absolute Gasteiger partial charge is 0.450 e. The molecule has 55 heavy (non-hydrogen) atoms. The molecule has 2 aromatic heterocycles. The maximum absolute atomic E-state index is 12.5. The van der Waals surface area contributed by atoms with Gasteiger partial charge in [-0.05, 0) is 99.1 Å². The summed E-state index contributed by atoms with van der Waals surface area (Å²) in [5.41, 5.74) is 0.893. The summed E-state index contributed by atoms with van der Waals surface area (Å²) in [5, 5.41) is 18.9. The highest BCUT2D eigenvalue weighted by atomic mass is 16.7. The third-order valence-corrected chi connectivity index (χ3v) is 17.5. The van der Waals surface area contributed by atoms with Gasteiger partial charge in [0.25, 0.3) is 0 Å². The van der Waals surface area contributed by atoms with Crippen LogP contribution in [0.4, 0.5) is 4.79 Å². The van der Waals surface area contributed by atoms with Crippen molar-refractivity contribution in [2.45, 2.75) is 138 Å². The second-order valence-electron chi connectivity index (χ2n) is 20.9. The molecule has 0 spiro atoms. The Hall–Kier alpha value is -2.82. The molecular formula is C45H69N5O5. The Balaban J connectivity index is 1.35. The van der Waals surface area contributed by atoms with Gasteiger partial charge in [0, 0.05) is 45.2 Å². The summed E-state index contributed by atoms with van der Waals surface area (Å²) in [7, 11) is 2.04. The zero-order valence-corrected chi connectivity index (χ0v) is 35.7. The Labute approximate surface area is 330 Å². The predicted molar refractivity (Wildman–Crippen MR) is 214 cm³/mol. The molecule has 5 aliphatic rings. The van der Waals surface area contributed by atoms with Gasteiger partial charge in [-0.2, -0.15) is 5.10 Å². The maximum Gasteiger partial charge on any atom is 0.506 e. The molecule has 3 heterocycles. The van der Waals surface area contributed by atoms with Crippen LogP contribution in [0.1, 0.15) is 121 Å². The van der Waals surface area contributed by atoms with Gasteiger partial charge in [0.1, 0.15) is 12.4 Å². The topological polar surface area (TPSA) is 121 Å². The lowest BCUT2D eigenvalue weighted by Crippen LogP contribution is -2.70. The second-order valence-corrected chi connectivity index (χ2v) is 20.9. The van der Waals surface area contributed by atoms with Gasteiger partial charge in [0.15, 0.2) is 5.82 Å². The molecule has 0 aromatic carbocycles. The molecule has 4 fully saturated rings. The molecule has 2 aromatic rings. The summed E-state index contributed by atoms with van der Waals surface area (Å²) in [6.45, 7) is 27.3. The van der Waals surface area contributed by atoms with Gasteiger partial charge in [-0.1, -0.05) is 80.9 Å². The number of allylic oxidation sites excluding steroid dienone is 1. The number of nitrogens with one attached hydrogen (secondary N) is 1. The summed E-state index contributed by atoms with van der Waals surface area (Å²) in [5.74, 6) is 2.19. The molecule has 304 valence electrons. The summed E-state index contributed by atoms with van der Waals surface area (Å²) in [4.78, 5) is 21.7. The molecule has 0 amide bonds. The van der Waals surface area contributed by atoms with Crippen LogP contribution in [-0.2, 0) is 14.2 Å². The van der Waals surface area contributed by atoms with E-state index in [2.05, 4.69) is 97.2 Å². The summed E-state index contributed by atoms with van der Waals surface area (Å²) < 4.78 is 22.5. The van der Waals surface area contributed by atoms with E-state index in [1.807, 2.05) is 31.6 Å². The van der Waals surface area contributed by atoms with Crippen LogP contribution in [0.3, 0.4) is 0 Å². The molecule has 7 rings (SSSR count). The Kier molecular flexibility index (Phi) is 10.0. The predicted octanol–water partition coefficient (Wildman–Crippen LogP) is 9.24. The number of carbonyl (C=O) groups is 1. The number of rotatable bonds is 9. The number of hydrogen-bond acceptors (Lipinski definition) is 8. The largest absolute Gasteiger partial charge is 0.506 e. The van der Waals surface area contributed by atoms with Crippen LogP contribution in [0.15, 0.2) is 42.5 Å². The van der Waals surface area contributed by atoms with E-state index in [1.165, 1.54) is 5.57 Å². The minimum Gasteiger partial charge on any atom is -0.450 e. The fraction of sp³-hybridized carbons (Fsp3) is 0.778. The SMILES string of the molecule is CN[C@@](C)(CO[C@H]1[C@H](n2ncnc2-c2ccncc2)C[C@@]23COC[C@]1(C)[C@@H]2CC[C@H]1C3=CC[C@]2(C)[C@H](OC(=O)O)[C@@](C)([C@H](C)C(C)C)CC[C@]12C)C(C)(C)C. The van der Waals surface area contributed by atoms with E-state index < -0.39 is 12.3 Å². The highest BCUT2D eigenvalue weighted by molar-refractivity contribution is 5.57. The Morgan fingerprint density at radius 1 is 1.05 bits per heavy atom. The van der Waals surface area contributed by atoms with Gasteiger partial charge < -0.3 is 24.6 Å². The normalized spacial score (nSPS) is 40.2. The average molecular weight is 760 g/mol. The first kappa shape index (κ1) is 40.4. The van der Waals surface area contributed by atoms with Crippen molar-refractivity contribution in [2.75, 3.05) is 26.9 Å². The van der Waals surface area contributed by atoms with Crippen molar-refractivity contribution < 1.29 is 24.1 Å². The molecule has 0 radical (unpaired) electrons. The van der Waals surface area contributed by atoms with E-state index in [-0.39, 0.29) is 56.1 Å². The van der Waals surface area contributed by atoms with E-state index in [0.29, 0.717) is 37.6 Å². The van der Waals surface area contributed by atoms with Crippen molar-refractivity contribution >= 4 is 6.16 Å². The van der Waals surface area contributed by atoms with Crippen molar-refractivity contribution in [3.63, 3.8) is 0 Å². The first-order valence-corrected chi connectivity index (χ1v) is 21.0. The number of ether oxygens (including phenoxy) is 3. The fourth-order valence-electron chi connectivity index (χ4n) is 13.0. The summed E-state index contributed by atoms with van der Waals surface area (Å²) in [6, 6.07) is 3.93. The van der Waals surface area contributed by atoms with Gasteiger partial charge in [-0.25, -0.2) is 14.5 Å². The van der Waals surface area contributed by atoms with Crippen LogP contribution in [0.2, 0.25) is 0 Å². The average Bonchev–Trinajstić information content (AvgIpc) is 3.62. The second kappa shape index (κ2) is 13.6. The van der Waals surface area contributed by atoms with Crippen molar-refractivity contribution in [3.05, 3.63) is 42.5 Å². The van der Waals surface area contributed by atoms with Crippen molar-refractivity contribution in [1.82, 2.24) is 25.1 Å². The van der Waals surface area contributed by atoms with Gasteiger partial charge in [0.2, 0.25) is 0 Å². The summed E-state index contributed by atoms with van der Waals surface area (Å²) in [6.07, 6.45) is 11.8. The van der Waals surface area contributed by atoms with Crippen LogP contribution in [0, 0.1) is 56.2 Å². The Morgan fingerprint density at radius 2 is 1.76 bits per heavy atom. The highest BCUT2D eigenvalue weighted by Crippen LogP contribution is 2.74. The van der Waals surface area contributed by atoms with Crippen LogP contribution >= 0.6 is 0 Å². The molecule has 4 aliphatic carbocycles. The number of aromatic nitrogens is 4. The lowest BCUT2D eigenvalue weighted by Gasteiger charge is -2.71. The first-order valence-electron chi connectivity index (χ1n) is 21.0. The molecule has 10 heteroatoms. The molecule has 1 aliphatic heterocycles. The fourth-order valence-corrected chi connectivity index (χ4v) is 13.0. The van der Waals surface area contributed by atoms with Crippen LogP contribution < -0.4 is 5.32 Å². The minimum atomic E-state index is -1.16. The lowest BCUT2D eigenvalue weighted by atomic mass is 9.35. The molecule has 2 bridgehead atoms. The maximum atomic E-state index is 12.5. The monoisotopic (exact) mass is 760 g/mol. The minimum absolute atomic E-state index is 0.0482. The van der Waals surface area contributed by atoms with Gasteiger partial charge in [-0.15, -0.1) is 0 Å². The van der Waals surface area contributed by atoms with E-state index in [1.54, 1.807) is 6.33 Å². The standard InChI is InChI=1S/C45H69N5O5/c1-28(2)29(3)40(7)19-20-42(9)31-13-14-34-41(8)24-53-26-45(34,32(31)15-18-43(42,10)37(40)55-38(51)52)23-33(35(41)54-25-44(11,46-12)39(4,5)6)50-36(48-27-49-50)30-16-21-47-22-17-30/h15-17,21-22,27-29,31,33-35,37,46H,13-14,18-20,23-26H2,1-12H3,(H,51,52)/t29-,31+,33-,34+,35+,37-,40-,41-,42-,43-,44+,45+/m1/s1. The molecular weight excluding hydrogens is 691 g/mol. The van der Waals surface area contributed by atoms with Crippen LogP contribution in [0.25, 0.3) is 11.4 Å². The Morgan fingerprint density at radius 3 is 2.40 bits per heavy atom. The van der Waals surface area contributed by atoms with Gasteiger partial charge in [0.05, 0.1) is 32.0 Å².